The molecule has 2 N–H and O–H groups in total. The van der Waals surface area contributed by atoms with Crippen LogP contribution < -0.4 is 10.6 Å². The summed E-state index contributed by atoms with van der Waals surface area (Å²) in [4.78, 5) is 27.1. The summed E-state index contributed by atoms with van der Waals surface area (Å²) >= 11 is 5.90. The molecule has 0 unspecified atom stereocenters. The standard InChI is InChI=1S/C15H14ClN3O2/c1-9-5-6-11(18-10(2)20)8-13(9)19-15(21)12-4-3-7-17-14(12)16/h3-8H,1-2H3,(H,18,20)(H,19,21). The minimum absolute atomic E-state index is 0.144. The number of carbonyl (C=O) groups is 2. The summed E-state index contributed by atoms with van der Waals surface area (Å²) in [7, 11) is 0. The van der Waals surface area contributed by atoms with Crippen LogP contribution in [-0.2, 0) is 4.79 Å². The van der Waals surface area contributed by atoms with Gasteiger partial charge in [-0.3, -0.25) is 9.59 Å². The van der Waals surface area contributed by atoms with Crippen LogP contribution in [0.5, 0.6) is 0 Å². The summed E-state index contributed by atoms with van der Waals surface area (Å²) in [6.07, 6.45) is 1.52. The number of pyridine rings is 1. The van der Waals surface area contributed by atoms with E-state index in [1.54, 1.807) is 24.3 Å². The average molecular weight is 304 g/mol. The van der Waals surface area contributed by atoms with E-state index in [0.29, 0.717) is 16.9 Å². The summed E-state index contributed by atoms with van der Waals surface area (Å²) in [5, 5.41) is 5.58. The second-order valence-corrected chi connectivity index (χ2v) is 4.86. The molecular formula is C15H14ClN3O2. The smallest absolute Gasteiger partial charge is 0.258 e. The first-order chi connectivity index (χ1) is 9.97. The van der Waals surface area contributed by atoms with Gasteiger partial charge in [0, 0.05) is 24.5 Å². The van der Waals surface area contributed by atoms with E-state index in [0.717, 1.165) is 5.56 Å². The summed E-state index contributed by atoms with van der Waals surface area (Å²) in [5.41, 5.74) is 2.38. The molecule has 0 bridgehead atoms. The minimum Gasteiger partial charge on any atom is -0.326 e. The van der Waals surface area contributed by atoms with Gasteiger partial charge in [-0.05, 0) is 36.8 Å². The molecule has 0 atom stereocenters. The van der Waals surface area contributed by atoms with Crippen LogP contribution in [-0.4, -0.2) is 16.8 Å². The summed E-state index contributed by atoms with van der Waals surface area (Å²) in [6, 6.07) is 8.51. The molecule has 0 aliphatic heterocycles. The number of anilines is 2. The second-order valence-electron chi connectivity index (χ2n) is 4.51. The highest BCUT2D eigenvalue weighted by atomic mass is 35.5. The van der Waals surface area contributed by atoms with E-state index in [1.165, 1.54) is 13.1 Å². The molecule has 0 aliphatic carbocycles. The highest BCUT2D eigenvalue weighted by Gasteiger charge is 2.12. The zero-order chi connectivity index (χ0) is 15.4. The Labute approximate surface area is 127 Å². The van der Waals surface area contributed by atoms with Crippen molar-refractivity contribution in [2.75, 3.05) is 10.6 Å². The first kappa shape index (κ1) is 15.0. The van der Waals surface area contributed by atoms with Crippen molar-refractivity contribution in [2.24, 2.45) is 0 Å². The number of hydrogen-bond donors (Lipinski definition) is 2. The topological polar surface area (TPSA) is 71.1 Å². The Hall–Kier alpha value is -2.40. The number of nitrogens with zero attached hydrogens (tertiary/aromatic N) is 1. The molecule has 1 heterocycles. The largest absolute Gasteiger partial charge is 0.326 e. The molecule has 2 rings (SSSR count). The van der Waals surface area contributed by atoms with Crippen molar-refractivity contribution in [3.05, 3.63) is 52.8 Å². The van der Waals surface area contributed by atoms with Gasteiger partial charge in [-0.15, -0.1) is 0 Å². The molecule has 1 aromatic carbocycles. The van der Waals surface area contributed by atoms with Gasteiger partial charge in [0.25, 0.3) is 5.91 Å². The fraction of sp³-hybridized carbons (Fsp3) is 0.133. The van der Waals surface area contributed by atoms with Crippen LogP contribution in [0.3, 0.4) is 0 Å². The van der Waals surface area contributed by atoms with Crippen LogP contribution in [0.4, 0.5) is 11.4 Å². The van der Waals surface area contributed by atoms with Crippen LogP contribution >= 0.6 is 11.6 Å². The Morgan fingerprint density at radius 1 is 1.19 bits per heavy atom. The van der Waals surface area contributed by atoms with Crippen LogP contribution in [0, 0.1) is 6.92 Å². The average Bonchev–Trinajstić information content (AvgIpc) is 2.42. The molecule has 0 saturated carbocycles. The van der Waals surface area contributed by atoms with Gasteiger partial charge >= 0.3 is 0 Å². The summed E-state index contributed by atoms with van der Waals surface area (Å²) < 4.78 is 0. The molecule has 1 aromatic heterocycles. The van der Waals surface area contributed by atoms with Crippen molar-refractivity contribution in [3.63, 3.8) is 0 Å². The Morgan fingerprint density at radius 3 is 2.62 bits per heavy atom. The molecule has 0 radical (unpaired) electrons. The number of carbonyl (C=O) groups excluding carboxylic acids is 2. The lowest BCUT2D eigenvalue weighted by Crippen LogP contribution is -2.14. The Balaban J connectivity index is 2.24. The Bertz CT molecular complexity index is 701. The number of aromatic nitrogens is 1. The van der Waals surface area contributed by atoms with Crippen molar-refractivity contribution < 1.29 is 9.59 Å². The SMILES string of the molecule is CC(=O)Nc1ccc(C)c(NC(=O)c2cccnc2Cl)c1. The molecule has 108 valence electrons. The molecule has 0 saturated heterocycles. The number of rotatable bonds is 3. The number of nitrogens with one attached hydrogen (secondary N) is 2. The highest BCUT2D eigenvalue weighted by molar-refractivity contribution is 6.33. The van der Waals surface area contributed by atoms with Gasteiger partial charge < -0.3 is 10.6 Å². The van der Waals surface area contributed by atoms with Gasteiger partial charge in [0.05, 0.1) is 5.56 Å². The lowest BCUT2D eigenvalue weighted by atomic mass is 10.1. The van der Waals surface area contributed by atoms with E-state index < -0.39 is 0 Å². The lowest BCUT2D eigenvalue weighted by molar-refractivity contribution is -0.114. The fourth-order valence-electron chi connectivity index (χ4n) is 1.78. The first-order valence-electron chi connectivity index (χ1n) is 6.27. The maximum absolute atomic E-state index is 12.2. The molecule has 2 amide bonds. The Morgan fingerprint density at radius 2 is 1.95 bits per heavy atom. The number of amides is 2. The van der Waals surface area contributed by atoms with E-state index in [9.17, 15) is 9.59 Å². The van der Waals surface area contributed by atoms with E-state index in [1.807, 2.05) is 13.0 Å². The van der Waals surface area contributed by atoms with Crippen LogP contribution in [0.25, 0.3) is 0 Å². The zero-order valence-corrected chi connectivity index (χ0v) is 12.4. The zero-order valence-electron chi connectivity index (χ0n) is 11.6. The van der Waals surface area contributed by atoms with Crippen LogP contribution in [0.2, 0.25) is 5.15 Å². The Kier molecular flexibility index (Phi) is 4.55. The lowest BCUT2D eigenvalue weighted by Gasteiger charge is -2.11. The number of benzene rings is 1. The predicted molar refractivity (Wildman–Crippen MR) is 82.7 cm³/mol. The predicted octanol–water partition coefficient (Wildman–Crippen LogP) is 3.25. The van der Waals surface area contributed by atoms with Gasteiger partial charge in [0.1, 0.15) is 5.15 Å². The van der Waals surface area contributed by atoms with E-state index >= 15 is 0 Å². The van der Waals surface area contributed by atoms with Crippen molar-refractivity contribution >= 4 is 34.8 Å². The molecule has 5 nitrogen and oxygen atoms in total. The van der Waals surface area contributed by atoms with E-state index in [-0.39, 0.29) is 17.0 Å². The third-order valence-electron chi connectivity index (χ3n) is 2.81. The van der Waals surface area contributed by atoms with E-state index in [4.69, 9.17) is 11.6 Å². The molecule has 0 fully saturated rings. The minimum atomic E-state index is -0.351. The first-order valence-corrected chi connectivity index (χ1v) is 6.65. The van der Waals surface area contributed by atoms with Crippen molar-refractivity contribution in [2.45, 2.75) is 13.8 Å². The molecule has 0 aliphatic rings. The third kappa shape index (κ3) is 3.79. The van der Waals surface area contributed by atoms with Crippen LogP contribution in [0.1, 0.15) is 22.8 Å². The van der Waals surface area contributed by atoms with E-state index in [2.05, 4.69) is 15.6 Å². The van der Waals surface area contributed by atoms with Gasteiger partial charge in [0.15, 0.2) is 0 Å². The molecule has 0 spiro atoms. The monoisotopic (exact) mass is 303 g/mol. The fourth-order valence-corrected chi connectivity index (χ4v) is 1.99. The number of aryl methyl sites for hydroxylation is 1. The maximum atomic E-state index is 12.2. The number of halogens is 1. The highest BCUT2D eigenvalue weighted by Crippen LogP contribution is 2.22. The second kappa shape index (κ2) is 6.37. The summed E-state index contributed by atoms with van der Waals surface area (Å²) in [5.74, 6) is -0.525. The molecule has 6 heteroatoms. The quantitative estimate of drug-likeness (QED) is 0.855. The third-order valence-corrected chi connectivity index (χ3v) is 3.11. The van der Waals surface area contributed by atoms with Crippen molar-refractivity contribution in [3.8, 4) is 0 Å². The number of hydrogen-bond acceptors (Lipinski definition) is 3. The van der Waals surface area contributed by atoms with Crippen LogP contribution in [0.15, 0.2) is 36.5 Å². The van der Waals surface area contributed by atoms with Crippen molar-refractivity contribution in [1.82, 2.24) is 4.98 Å². The van der Waals surface area contributed by atoms with Gasteiger partial charge in [-0.1, -0.05) is 17.7 Å². The molecular weight excluding hydrogens is 290 g/mol. The summed E-state index contributed by atoms with van der Waals surface area (Å²) in [6.45, 7) is 3.28. The van der Waals surface area contributed by atoms with Gasteiger partial charge in [-0.2, -0.15) is 0 Å². The van der Waals surface area contributed by atoms with Crippen molar-refractivity contribution in [1.29, 1.82) is 0 Å². The van der Waals surface area contributed by atoms with Gasteiger partial charge in [-0.25, -0.2) is 4.98 Å². The molecule has 2 aromatic rings. The molecule has 21 heavy (non-hydrogen) atoms. The maximum Gasteiger partial charge on any atom is 0.258 e. The normalized spacial score (nSPS) is 10.0. The van der Waals surface area contributed by atoms with Gasteiger partial charge in [0.2, 0.25) is 5.91 Å².